The van der Waals surface area contributed by atoms with Crippen LogP contribution >= 0.6 is 0 Å². The van der Waals surface area contributed by atoms with Gasteiger partial charge in [0.05, 0.1) is 13.2 Å². The lowest BCUT2D eigenvalue weighted by Gasteiger charge is -2.15. The van der Waals surface area contributed by atoms with Gasteiger partial charge in [-0.2, -0.15) is 0 Å². The minimum atomic E-state index is -0.685. The molecule has 0 aliphatic heterocycles. The van der Waals surface area contributed by atoms with Crippen molar-refractivity contribution in [2.24, 2.45) is 5.73 Å². The second-order valence-electron chi connectivity index (χ2n) is 1.99. The smallest absolute Gasteiger partial charge is 0.325 e. The standard InChI is InChI=1S/C6H13NO3/c1-4(9-2)5(7)6(8)10-3/h4-5H,7H2,1-3H3/t4-,5-/m1/s1. The Morgan fingerprint density at radius 1 is 1.50 bits per heavy atom. The molecule has 2 atom stereocenters. The molecule has 0 saturated heterocycles. The highest BCUT2D eigenvalue weighted by Gasteiger charge is 2.20. The fourth-order valence-corrected chi connectivity index (χ4v) is 0.474. The van der Waals surface area contributed by atoms with E-state index in [2.05, 4.69) is 4.74 Å². The molecule has 0 bridgehead atoms. The fraction of sp³-hybridized carbons (Fsp3) is 0.833. The van der Waals surface area contributed by atoms with Crippen molar-refractivity contribution in [1.82, 2.24) is 0 Å². The van der Waals surface area contributed by atoms with E-state index in [-0.39, 0.29) is 6.10 Å². The third-order valence-electron chi connectivity index (χ3n) is 1.35. The number of ether oxygens (including phenoxy) is 2. The fourth-order valence-electron chi connectivity index (χ4n) is 0.474. The van der Waals surface area contributed by atoms with Crippen LogP contribution in [0.4, 0.5) is 0 Å². The van der Waals surface area contributed by atoms with Crippen LogP contribution in [-0.2, 0) is 14.3 Å². The normalized spacial score (nSPS) is 16.0. The summed E-state index contributed by atoms with van der Waals surface area (Å²) in [5.41, 5.74) is 5.38. The van der Waals surface area contributed by atoms with Crippen LogP contribution in [0.5, 0.6) is 0 Å². The van der Waals surface area contributed by atoms with Gasteiger partial charge in [0.25, 0.3) is 0 Å². The molecule has 10 heavy (non-hydrogen) atoms. The van der Waals surface area contributed by atoms with E-state index < -0.39 is 12.0 Å². The Hall–Kier alpha value is -0.610. The number of nitrogens with two attached hydrogens (primary N) is 1. The van der Waals surface area contributed by atoms with Crippen LogP contribution < -0.4 is 5.73 Å². The quantitative estimate of drug-likeness (QED) is 0.548. The van der Waals surface area contributed by atoms with Crippen molar-refractivity contribution >= 4 is 5.97 Å². The molecule has 60 valence electrons. The molecule has 0 fully saturated rings. The van der Waals surface area contributed by atoms with Gasteiger partial charge in [0.2, 0.25) is 0 Å². The predicted octanol–water partition coefficient (Wildman–Crippen LogP) is -0.478. The molecule has 0 aliphatic rings. The first-order chi connectivity index (χ1) is 4.63. The van der Waals surface area contributed by atoms with Crippen LogP contribution in [0.25, 0.3) is 0 Å². The third-order valence-corrected chi connectivity index (χ3v) is 1.35. The number of methoxy groups -OCH3 is 2. The summed E-state index contributed by atoms with van der Waals surface area (Å²) in [4.78, 5) is 10.7. The van der Waals surface area contributed by atoms with E-state index in [0.29, 0.717) is 0 Å². The van der Waals surface area contributed by atoms with Crippen molar-refractivity contribution in [3.8, 4) is 0 Å². The summed E-state index contributed by atoms with van der Waals surface area (Å²) in [6.07, 6.45) is -0.299. The summed E-state index contributed by atoms with van der Waals surface area (Å²) in [6.45, 7) is 1.71. The van der Waals surface area contributed by atoms with Crippen LogP contribution in [0.2, 0.25) is 0 Å². The first-order valence-corrected chi connectivity index (χ1v) is 2.99. The van der Waals surface area contributed by atoms with E-state index in [9.17, 15) is 4.79 Å². The van der Waals surface area contributed by atoms with Crippen molar-refractivity contribution in [3.05, 3.63) is 0 Å². The zero-order valence-corrected chi connectivity index (χ0v) is 6.46. The van der Waals surface area contributed by atoms with Gasteiger partial charge < -0.3 is 15.2 Å². The minimum Gasteiger partial charge on any atom is -0.468 e. The molecule has 2 N–H and O–H groups in total. The average molecular weight is 147 g/mol. The number of carbonyl (C=O) groups is 1. The van der Waals surface area contributed by atoms with Crippen molar-refractivity contribution in [2.75, 3.05) is 14.2 Å². The Morgan fingerprint density at radius 2 is 2.00 bits per heavy atom. The molecule has 4 nitrogen and oxygen atoms in total. The minimum absolute atomic E-state index is 0.299. The lowest BCUT2D eigenvalue weighted by molar-refractivity contribution is -0.145. The first-order valence-electron chi connectivity index (χ1n) is 2.99. The van der Waals surface area contributed by atoms with E-state index in [1.807, 2.05) is 0 Å². The van der Waals surface area contributed by atoms with E-state index >= 15 is 0 Å². The van der Waals surface area contributed by atoms with Crippen molar-refractivity contribution in [2.45, 2.75) is 19.1 Å². The Balaban J connectivity index is 3.81. The molecule has 0 aliphatic carbocycles. The Labute approximate surface area is 60.3 Å². The number of hydrogen-bond donors (Lipinski definition) is 1. The highest BCUT2D eigenvalue weighted by molar-refractivity contribution is 5.75. The van der Waals surface area contributed by atoms with Crippen LogP contribution in [0.15, 0.2) is 0 Å². The van der Waals surface area contributed by atoms with E-state index in [1.165, 1.54) is 14.2 Å². The van der Waals surface area contributed by atoms with Gasteiger partial charge in [-0.1, -0.05) is 0 Å². The Morgan fingerprint density at radius 3 is 2.30 bits per heavy atom. The summed E-state index contributed by atoms with van der Waals surface area (Å²) in [6, 6.07) is -0.685. The van der Waals surface area contributed by atoms with Gasteiger partial charge in [0, 0.05) is 7.11 Å². The maximum atomic E-state index is 10.7. The highest BCUT2D eigenvalue weighted by Crippen LogP contribution is 1.95. The topological polar surface area (TPSA) is 61.5 Å². The Bertz CT molecular complexity index is 116. The van der Waals surface area contributed by atoms with Crippen LogP contribution in [0.3, 0.4) is 0 Å². The van der Waals surface area contributed by atoms with Crippen molar-refractivity contribution in [3.63, 3.8) is 0 Å². The molecule has 0 spiro atoms. The largest absolute Gasteiger partial charge is 0.468 e. The number of rotatable bonds is 3. The maximum absolute atomic E-state index is 10.7. The van der Waals surface area contributed by atoms with E-state index in [0.717, 1.165) is 0 Å². The first kappa shape index (κ1) is 9.39. The van der Waals surface area contributed by atoms with Gasteiger partial charge in [-0.25, -0.2) is 0 Å². The lowest BCUT2D eigenvalue weighted by Crippen LogP contribution is -2.41. The predicted molar refractivity (Wildman–Crippen MR) is 36.5 cm³/mol. The second kappa shape index (κ2) is 4.24. The molecule has 0 aromatic rings. The molecule has 0 unspecified atom stereocenters. The number of carbonyl (C=O) groups excluding carboxylic acids is 1. The molecule has 0 saturated carbocycles. The van der Waals surface area contributed by atoms with Gasteiger partial charge in [-0.15, -0.1) is 0 Å². The third kappa shape index (κ3) is 2.33. The van der Waals surface area contributed by atoms with E-state index in [1.54, 1.807) is 6.92 Å². The monoisotopic (exact) mass is 147 g/mol. The number of esters is 1. The Kier molecular flexibility index (Phi) is 3.99. The average Bonchev–Trinajstić information content (AvgIpc) is 2.00. The van der Waals surface area contributed by atoms with Gasteiger partial charge in [0.1, 0.15) is 6.04 Å². The van der Waals surface area contributed by atoms with Crippen LogP contribution in [0.1, 0.15) is 6.92 Å². The molecule has 0 rings (SSSR count). The van der Waals surface area contributed by atoms with Crippen molar-refractivity contribution < 1.29 is 14.3 Å². The molecule has 0 amide bonds. The molecule has 0 heterocycles. The SMILES string of the molecule is COC(=O)[C@H](N)[C@@H](C)OC. The zero-order chi connectivity index (χ0) is 8.15. The molecular weight excluding hydrogens is 134 g/mol. The van der Waals surface area contributed by atoms with Gasteiger partial charge in [-0.05, 0) is 6.92 Å². The molecular formula is C6H13NO3. The van der Waals surface area contributed by atoms with Gasteiger partial charge in [-0.3, -0.25) is 4.79 Å². The zero-order valence-electron chi connectivity index (χ0n) is 6.46. The van der Waals surface area contributed by atoms with Crippen LogP contribution in [-0.4, -0.2) is 32.3 Å². The molecule has 0 aromatic heterocycles. The summed E-state index contributed by atoms with van der Waals surface area (Å²) < 4.78 is 9.20. The summed E-state index contributed by atoms with van der Waals surface area (Å²) >= 11 is 0. The summed E-state index contributed by atoms with van der Waals surface area (Å²) in [7, 11) is 2.79. The highest BCUT2D eigenvalue weighted by atomic mass is 16.5. The molecule has 0 aromatic carbocycles. The van der Waals surface area contributed by atoms with Gasteiger partial charge in [0.15, 0.2) is 0 Å². The summed E-state index contributed by atoms with van der Waals surface area (Å²) in [5, 5.41) is 0. The summed E-state index contributed by atoms with van der Waals surface area (Å²) in [5.74, 6) is -0.450. The molecule has 4 heteroatoms. The second-order valence-corrected chi connectivity index (χ2v) is 1.99. The lowest BCUT2D eigenvalue weighted by atomic mass is 10.2. The maximum Gasteiger partial charge on any atom is 0.325 e. The van der Waals surface area contributed by atoms with Crippen LogP contribution in [0, 0.1) is 0 Å². The number of hydrogen-bond acceptors (Lipinski definition) is 4. The van der Waals surface area contributed by atoms with E-state index in [4.69, 9.17) is 10.5 Å². The molecule has 0 radical (unpaired) electrons. The van der Waals surface area contributed by atoms with Crippen molar-refractivity contribution in [1.29, 1.82) is 0 Å². The van der Waals surface area contributed by atoms with Gasteiger partial charge >= 0.3 is 5.97 Å².